The molecular formula is C15H22ClN3O2S. The number of nitrogens with zero attached hydrogens (tertiary/aromatic N) is 3. The van der Waals surface area contributed by atoms with Crippen molar-refractivity contribution in [2.24, 2.45) is 0 Å². The molecule has 5 nitrogen and oxygen atoms in total. The van der Waals surface area contributed by atoms with Crippen LogP contribution in [0, 0.1) is 0 Å². The van der Waals surface area contributed by atoms with Crippen molar-refractivity contribution in [3.05, 3.63) is 18.2 Å². The van der Waals surface area contributed by atoms with E-state index in [4.69, 9.17) is 4.74 Å². The zero-order valence-electron chi connectivity index (χ0n) is 13.3. The summed E-state index contributed by atoms with van der Waals surface area (Å²) in [5, 5.41) is 0.744. The highest BCUT2D eigenvalue weighted by Gasteiger charge is 2.16. The number of ether oxygens (including phenoxy) is 1. The molecule has 0 radical (unpaired) electrons. The van der Waals surface area contributed by atoms with E-state index in [1.54, 1.807) is 11.8 Å². The van der Waals surface area contributed by atoms with Crippen LogP contribution in [-0.4, -0.2) is 49.6 Å². The normalized spacial score (nSPS) is 10.6. The Hall–Kier alpha value is -1.37. The topological polar surface area (TPSA) is 45.7 Å². The number of hydrogen-bond acceptors (Lipinski definition) is 5. The highest BCUT2D eigenvalue weighted by atomic mass is 35.5. The Morgan fingerprint density at radius 2 is 2.05 bits per heavy atom. The van der Waals surface area contributed by atoms with Crippen molar-refractivity contribution in [1.82, 2.24) is 9.88 Å². The highest BCUT2D eigenvalue weighted by Crippen LogP contribution is 2.31. The summed E-state index contributed by atoms with van der Waals surface area (Å²) in [6.45, 7) is 5.62. The molecule has 1 aromatic carbocycles. The van der Waals surface area contributed by atoms with Crippen molar-refractivity contribution < 1.29 is 9.53 Å². The number of aromatic nitrogens is 1. The first-order chi connectivity index (χ1) is 10.0. The number of thiazole rings is 1. The van der Waals surface area contributed by atoms with Crippen LogP contribution in [0.2, 0.25) is 0 Å². The average Bonchev–Trinajstić information content (AvgIpc) is 2.81. The van der Waals surface area contributed by atoms with Crippen molar-refractivity contribution in [2.75, 3.05) is 38.7 Å². The van der Waals surface area contributed by atoms with E-state index in [0.29, 0.717) is 13.2 Å². The number of amides is 1. The van der Waals surface area contributed by atoms with Crippen LogP contribution in [-0.2, 0) is 4.79 Å². The molecule has 0 unspecified atom stereocenters. The fourth-order valence-corrected chi connectivity index (χ4v) is 3.02. The molecule has 0 spiro atoms. The van der Waals surface area contributed by atoms with Gasteiger partial charge in [0.2, 0.25) is 5.91 Å². The third-order valence-corrected chi connectivity index (χ3v) is 4.08. The number of rotatable bonds is 6. The first kappa shape index (κ1) is 18.7. The Morgan fingerprint density at radius 3 is 2.64 bits per heavy atom. The Morgan fingerprint density at radius 1 is 1.32 bits per heavy atom. The van der Waals surface area contributed by atoms with E-state index >= 15 is 0 Å². The van der Waals surface area contributed by atoms with Gasteiger partial charge in [0.15, 0.2) is 5.13 Å². The maximum Gasteiger partial charge on any atom is 0.225 e. The molecule has 1 amide bonds. The highest BCUT2D eigenvalue weighted by molar-refractivity contribution is 7.22. The molecule has 0 saturated heterocycles. The summed E-state index contributed by atoms with van der Waals surface area (Å²) in [6.07, 6.45) is 0. The molecule has 22 heavy (non-hydrogen) atoms. The predicted octanol–water partition coefficient (Wildman–Crippen LogP) is 3.03. The molecule has 0 atom stereocenters. The third-order valence-electron chi connectivity index (χ3n) is 3.04. The summed E-state index contributed by atoms with van der Waals surface area (Å²) in [5.41, 5.74) is 0.898. The SMILES string of the molecule is CCOc1ccc2nc(N(CCN(C)C)C(C)=O)sc2c1.Cl. The van der Waals surface area contributed by atoms with Gasteiger partial charge in [0.25, 0.3) is 0 Å². The number of fused-ring (bicyclic) bond motifs is 1. The maximum absolute atomic E-state index is 11.9. The number of hydrogen-bond donors (Lipinski definition) is 0. The Labute approximate surface area is 141 Å². The molecule has 0 N–H and O–H groups in total. The minimum atomic E-state index is 0. The number of carbonyl (C=O) groups is 1. The maximum atomic E-state index is 11.9. The number of anilines is 1. The van der Waals surface area contributed by atoms with Crippen LogP contribution in [0.5, 0.6) is 5.75 Å². The second kappa shape index (κ2) is 8.31. The van der Waals surface area contributed by atoms with Crippen LogP contribution in [0.1, 0.15) is 13.8 Å². The van der Waals surface area contributed by atoms with Gasteiger partial charge in [-0.25, -0.2) is 4.98 Å². The fourth-order valence-electron chi connectivity index (χ4n) is 1.95. The minimum Gasteiger partial charge on any atom is -0.494 e. The summed E-state index contributed by atoms with van der Waals surface area (Å²) in [5.74, 6) is 0.851. The molecule has 0 bridgehead atoms. The lowest BCUT2D eigenvalue weighted by atomic mass is 10.3. The zero-order chi connectivity index (χ0) is 15.4. The molecule has 0 aliphatic carbocycles. The molecule has 2 aromatic rings. The molecule has 0 aliphatic heterocycles. The van der Waals surface area contributed by atoms with Crippen molar-refractivity contribution in [2.45, 2.75) is 13.8 Å². The van der Waals surface area contributed by atoms with E-state index in [1.165, 1.54) is 11.3 Å². The van der Waals surface area contributed by atoms with E-state index in [2.05, 4.69) is 9.88 Å². The molecule has 0 fully saturated rings. The van der Waals surface area contributed by atoms with E-state index < -0.39 is 0 Å². The molecular weight excluding hydrogens is 322 g/mol. The number of likely N-dealkylation sites (N-methyl/N-ethyl adjacent to an activating group) is 1. The van der Waals surface area contributed by atoms with Gasteiger partial charge in [-0.1, -0.05) is 11.3 Å². The van der Waals surface area contributed by atoms with E-state index in [1.807, 2.05) is 39.2 Å². The van der Waals surface area contributed by atoms with Gasteiger partial charge < -0.3 is 9.64 Å². The first-order valence-corrected chi connectivity index (χ1v) is 7.79. The van der Waals surface area contributed by atoms with Gasteiger partial charge in [0.1, 0.15) is 5.75 Å². The van der Waals surface area contributed by atoms with Crippen LogP contribution in [0.25, 0.3) is 10.2 Å². The third kappa shape index (κ3) is 4.56. The molecule has 7 heteroatoms. The van der Waals surface area contributed by atoms with Gasteiger partial charge >= 0.3 is 0 Å². The average molecular weight is 344 g/mol. The monoisotopic (exact) mass is 343 g/mol. The summed E-state index contributed by atoms with van der Waals surface area (Å²) >= 11 is 1.52. The van der Waals surface area contributed by atoms with Crippen LogP contribution in [0.4, 0.5) is 5.13 Å². The van der Waals surface area contributed by atoms with Crippen LogP contribution in [0.3, 0.4) is 0 Å². The number of halogens is 1. The van der Waals surface area contributed by atoms with Crippen molar-refractivity contribution in [3.8, 4) is 5.75 Å². The van der Waals surface area contributed by atoms with Gasteiger partial charge in [-0.2, -0.15) is 0 Å². The molecule has 0 aliphatic rings. The molecule has 2 rings (SSSR count). The molecule has 1 heterocycles. The Bertz CT molecular complexity index is 630. The molecule has 0 saturated carbocycles. The summed E-state index contributed by atoms with van der Waals surface area (Å²) in [6, 6.07) is 5.82. The van der Waals surface area contributed by atoms with Gasteiger partial charge in [-0.3, -0.25) is 9.69 Å². The van der Waals surface area contributed by atoms with E-state index in [-0.39, 0.29) is 18.3 Å². The number of carbonyl (C=O) groups excluding carboxylic acids is 1. The van der Waals surface area contributed by atoms with Crippen LogP contribution < -0.4 is 9.64 Å². The fraction of sp³-hybridized carbons (Fsp3) is 0.467. The van der Waals surface area contributed by atoms with Crippen molar-refractivity contribution in [3.63, 3.8) is 0 Å². The van der Waals surface area contributed by atoms with Gasteiger partial charge in [0, 0.05) is 20.0 Å². The lowest BCUT2D eigenvalue weighted by Crippen LogP contribution is -2.35. The number of benzene rings is 1. The smallest absolute Gasteiger partial charge is 0.225 e. The quantitative estimate of drug-likeness (QED) is 0.808. The van der Waals surface area contributed by atoms with Gasteiger partial charge in [0.05, 0.1) is 16.8 Å². The lowest BCUT2D eigenvalue weighted by Gasteiger charge is -2.20. The second-order valence-corrected chi connectivity index (χ2v) is 6.04. The zero-order valence-corrected chi connectivity index (χ0v) is 15.0. The van der Waals surface area contributed by atoms with E-state index in [9.17, 15) is 4.79 Å². The van der Waals surface area contributed by atoms with Crippen LogP contribution >= 0.6 is 23.7 Å². The molecule has 1 aromatic heterocycles. The minimum absolute atomic E-state index is 0. The van der Waals surface area contributed by atoms with Crippen molar-refractivity contribution in [1.29, 1.82) is 0 Å². The van der Waals surface area contributed by atoms with Crippen LogP contribution in [0.15, 0.2) is 18.2 Å². The van der Waals surface area contributed by atoms with Gasteiger partial charge in [-0.15, -0.1) is 12.4 Å². The van der Waals surface area contributed by atoms with Gasteiger partial charge in [-0.05, 0) is 39.2 Å². The summed E-state index contributed by atoms with van der Waals surface area (Å²) < 4.78 is 6.54. The first-order valence-electron chi connectivity index (χ1n) is 6.97. The van der Waals surface area contributed by atoms with Crippen molar-refractivity contribution >= 4 is 45.0 Å². The Balaban J connectivity index is 0.00000242. The largest absolute Gasteiger partial charge is 0.494 e. The lowest BCUT2D eigenvalue weighted by molar-refractivity contribution is -0.116. The van der Waals surface area contributed by atoms with E-state index in [0.717, 1.165) is 27.6 Å². The predicted molar refractivity (Wildman–Crippen MR) is 94.6 cm³/mol. The summed E-state index contributed by atoms with van der Waals surface area (Å²) in [4.78, 5) is 20.2. The summed E-state index contributed by atoms with van der Waals surface area (Å²) in [7, 11) is 3.98. The Kier molecular flexibility index (Phi) is 7.06. The molecule has 122 valence electrons. The second-order valence-electron chi connectivity index (χ2n) is 5.03. The standard InChI is InChI=1S/C15H21N3O2S.ClH/c1-5-20-12-6-7-13-14(10-12)21-15(16-13)18(11(2)19)9-8-17(3)4;/h6-7,10H,5,8-9H2,1-4H3;1H.